The molecule has 2 nitrogen and oxygen atoms in total. The molecule has 0 aliphatic heterocycles. The fraction of sp³-hybridized carbons (Fsp3) is 0.429. The van der Waals surface area contributed by atoms with E-state index >= 15 is 0 Å². The Morgan fingerprint density at radius 3 is 2.50 bits per heavy atom. The summed E-state index contributed by atoms with van der Waals surface area (Å²) in [6.45, 7) is 11.1. The minimum Gasteiger partial charge on any atom is -0.371 e. The molecule has 1 aromatic carbocycles. The molecule has 2 heteroatoms. The molecule has 0 unspecified atom stereocenters. The molecule has 0 aliphatic carbocycles. The first-order valence-corrected chi connectivity index (χ1v) is 5.78. The number of anilines is 1. The Kier molecular flexibility index (Phi) is 5.06. The van der Waals surface area contributed by atoms with Gasteiger partial charge in [0.1, 0.15) is 0 Å². The maximum atomic E-state index is 4.07. The molecule has 0 spiro atoms. The zero-order chi connectivity index (χ0) is 12.0. The van der Waals surface area contributed by atoms with E-state index in [-0.39, 0.29) is 0 Å². The van der Waals surface area contributed by atoms with E-state index in [1.807, 2.05) is 0 Å². The van der Waals surface area contributed by atoms with Crippen molar-refractivity contribution in [3.63, 3.8) is 0 Å². The van der Waals surface area contributed by atoms with E-state index in [2.05, 4.69) is 62.0 Å². The molecular weight excluding hydrogens is 196 g/mol. The van der Waals surface area contributed by atoms with Crippen molar-refractivity contribution in [1.29, 1.82) is 0 Å². The predicted octanol–water partition coefficient (Wildman–Crippen LogP) is 2.60. The summed E-state index contributed by atoms with van der Waals surface area (Å²) in [6, 6.07) is 8.57. The quantitative estimate of drug-likeness (QED) is 0.738. The third kappa shape index (κ3) is 4.07. The third-order valence-corrected chi connectivity index (χ3v) is 2.56. The molecule has 1 aromatic rings. The van der Waals surface area contributed by atoms with Gasteiger partial charge in [-0.1, -0.05) is 31.2 Å². The zero-order valence-corrected chi connectivity index (χ0v) is 10.6. The number of nitrogens with one attached hydrogen (secondary N) is 1. The van der Waals surface area contributed by atoms with Gasteiger partial charge in [0.2, 0.25) is 0 Å². The number of hydrogen-bond donors (Lipinski definition) is 1. The van der Waals surface area contributed by atoms with Crippen molar-refractivity contribution in [3.8, 4) is 0 Å². The van der Waals surface area contributed by atoms with Crippen molar-refractivity contribution in [2.75, 3.05) is 31.6 Å². The topological polar surface area (TPSA) is 15.3 Å². The lowest BCUT2D eigenvalue weighted by molar-refractivity contribution is 0.760. The van der Waals surface area contributed by atoms with E-state index in [4.69, 9.17) is 0 Å². The SMILES string of the molecule is C=C(CNCC)CN(C)c1ccc(C)cc1. The van der Waals surface area contributed by atoms with Gasteiger partial charge in [-0.15, -0.1) is 0 Å². The molecule has 16 heavy (non-hydrogen) atoms. The second-order valence-electron chi connectivity index (χ2n) is 4.22. The average Bonchev–Trinajstić information content (AvgIpc) is 2.27. The summed E-state index contributed by atoms with van der Waals surface area (Å²) in [6.07, 6.45) is 0. The van der Waals surface area contributed by atoms with E-state index < -0.39 is 0 Å². The van der Waals surface area contributed by atoms with Crippen LogP contribution in [0.5, 0.6) is 0 Å². The van der Waals surface area contributed by atoms with Crippen LogP contribution in [0.2, 0.25) is 0 Å². The summed E-state index contributed by atoms with van der Waals surface area (Å²) in [4.78, 5) is 2.22. The summed E-state index contributed by atoms with van der Waals surface area (Å²) in [5.41, 5.74) is 3.75. The predicted molar refractivity (Wildman–Crippen MR) is 72.1 cm³/mol. The number of aryl methyl sites for hydroxylation is 1. The molecule has 1 rings (SSSR count). The highest BCUT2D eigenvalue weighted by atomic mass is 15.1. The molecule has 0 heterocycles. The summed E-state index contributed by atoms with van der Waals surface area (Å²) < 4.78 is 0. The van der Waals surface area contributed by atoms with Crippen LogP contribution in [0.1, 0.15) is 12.5 Å². The summed E-state index contributed by atoms with van der Waals surface area (Å²) in [7, 11) is 2.10. The van der Waals surface area contributed by atoms with E-state index in [9.17, 15) is 0 Å². The van der Waals surface area contributed by atoms with Crippen molar-refractivity contribution < 1.29 is 0 Å². The molecule has 1 N–H and O–H groups in total. The maximum Gasteiger partial charge on any atom is 0.0395 e. The van der Waals surface area contributed by atoms with Gasteiger partial charge >= 0.3 is 0 Å². The number of benzene rings is 1. The van der Waals surface area contributed by atoms with Gasteiger partial charge in [-0.05, 0) is 31.2 Å². The minimum atomic E-state index is 0.896. The smallest absolute Gasteiger partial charge is 0.0395 e. The lowest BCUT2D eigenvalue weighted by atomic mass is 10.2. The Labute approximate surface area is 99.0 Å². The fourth-order valence-corrected chi connectivity index (χ4v) is 1.58. The van der Waals surface area contributed by atoms with Gasteiger partial charge < -0.3 is 10.2 Å². The van der Waals surface area contributed by atoms with Crippen molar-refractivity contribution >= 4 is 5.69 Å². The minimum absolute atomic E-state index is 0.896. The first-order valence-electron chi connectivity index (χ1n) is 5.78. The zero-order valence-electron chi connectivity index (χ0n) is 10.6. The Morgan fingerprint density at radius 2 is 1.94 bits per heavy atom. The first kappa shape index (κ1) is 12.8. The Morgan fingerprint density at radius 1 is 1.31 bits per heavy atom. The van der Waals surface area contributed by atoms with E-state index in [1.54, 1.807) is 0 Å². The van der Waals surface area contributed by atoms with Crippen LogP contribution in [0.25, 0.3) is 0 Å². The van der Waals surface area contributed by atoms with Crippen molar-refractivity contribution in [2.45, 2.75) is 13.8 Å². The van der Waals surface area contributed by atoms with E-state index in [1.165, 1.54) is 16.8 Å². The van der Waals surface area contributed by atoms with Crippen LogP contribution in [-0.2, 0) is 0 Å². The van der Waals surface area contributed by atoms with Crippen LogP contribution in [0.3, 0.4) is 0 Å². The van der Waals surface area contributed by atoms with Crippen LogP contribution in [-0.4, -0.2) is 26.7 Å². The third-order valence-electron chi connectivity index (χ3n) is 2.56. The first-order chi connectivity index (χ1) is 7.63. The van der Waals surface area contributed by atoms with Crippen molar-refractivity contribution in [1.82, 2.24) is 5.32 Å². The molecule has 0 aliphatic rings. The molecule has 0 saturated heterocycles. The monoisotopic (exact) mass is 218 g/mol. The highest BCUT2D eigenvalue weighted by molar-refractivity contribution is 5.47. The van der Waals surface area contributed by atoms with Crippen molar-refractivity contribution in [2.24, 2.45) is 0 Å². The highest BCUT2D eigenvalue weighted by Crippen LogP contribution is 2.13. The van der Waals surface area contributed by atoms with Gasteiger partial charge in [0, 0.05) is 25.8 Å². The Balaban J connectivity index is 2.48. The molecule has 0 radical (unpaired) electrons. The van der Waals surface area contributed by atoms with Gasteiger partial charge in [0.05, 0.1) is 0 Å². The molecule has 0 atom stereocenters. The van der Waals surface area contributed by atoms with Crippen molar-refractivity contribution in [3.05, 3.63) is 42.0 Å². The van der Waals surface area contributed by atoms with Gasteiger partial charge in [-0.3, -0.25) is 0 Å². The molecule has 0 saturated carbocycles. The lowest BCUT2D eigenvalue weighted by Gasteiger charge is -2.21. The molecule has 0 bridgehead atoms. The fourth-order valence-electron chi connectivity index (χ4n) is 1.58. The molecular formula is C14H22N2. The summed E-state index contributed by atoms with van der Waals surface area (Å²) >= 11 is 0. The Bertz CT molecular complexity index is 327. The highest BCUT2D eigenvalue weighted by Gasteiger charge is 2.02. The number of likely N-dealkylation sites (N-methyl/N-ethyl adjacent to an activating group) is 2. The largest absolute Gasteiger partial charge is 0.371 e. The second kappa shape index (κ2) is 6.33. The molecule has 0 fully saturated rings. The summed E-state index contributed by atoms with van der Waals surface area (Å²) in [5, 5.41) is 3.29. The molecule has 88 valence electrons. The molecule has 0 aromatic heterocycles. The second-order valence-corrected chi connectivity index (χ2v) is 4.22. The number of nitrogens with zero attached hydrogens (tertiary/aromatic N) is 1. The molecule has 0 amide bonds. The van der Waals surface area contributed by atoms with Crippen LogP contribution >= 0.6 is 0 Å². The van der Waals surface area contributed by atoms with Gasteiger partial charge in [0.15, 0.2) is 0 Å². The number of hydrogen-bond acceptors (Lipinski definition) is 2. The maximum absolute atomic E-state index is 4.07. The Hall–Kier alpha value is -1.28. The van der Waals surface area contributed by atoms with Gasteiger partial charge in [-0.25, -0.2) is 0 Å². The standard InChI is InChI=1S/C14H22N2/c1-5-15-10-13(3)11-16(4)14-8-6-12(2)7-9-14/h6-9,15H,3,5,10-11H2,1-2,4H3. The number of rotatable bonds is 6. The van der Waals surface area contributed by atoms with Crippen LogP contribution in [0.15, 0.2) is 36.4 Å². The normalized spacial score (nSPS) is 10.2. The van der Waals surface area contributed by atoms with Gasteiger partial charge in [-0.2, -0.15) is 0 Å². The average molecular weight is 218 g/mol. The van der Waals surface area contributed by atoms with E-state index in [0.29, 0.717) is 0 Å². The van der Waals surface area contributed by atoms with Gasteiger partial charge in [0.25, 0.3) is 0 Å². The van der Waals surface area contributed by atoms with Crippen LogP contribution < -0.4 is 10.2 Å². The summed E-state index contributed by atoms with van der Waals surface area (Å²) in [5.74, 6) is 0. The van der Waals surface area contributed by atoms with E-state index in [0.717, 1.165) is 19.6 Å². The lowest BCUT2D eigenvalue weighted by Crippen LogP contribution is -2.25. The van der Waals surface area contributed by atoms with Crippen LogP contribution in [0.4, 0.5) is 5.69 Å². The van der Waals surface area contributed by atoms with Crippen LogP contribution in [0, 0.1) is 6.92 Å².